The number of carbonyl (C=O) groups is 1. The van der Waals surface area contributed by atoms with E-state index >= 15 is 0 Å². The predicted molar refractivity (Wildman–Crippen MR) is 95.1 cm³/mol. The van der Waals surface area contributed by atoms with E-state index in [-0.39, 0.29) is 5.91 Å². The maximum absolute atomic E-state index is 12.7. The van der Waals surface area contributed by atoms with Crippen LogP contribution in [0.4, 0.5) is 5.69 Å². The van der Waals surface area contributed by atoms with Crippen molar-refractivity contribution in [3.63, 3.8) is 0 Å². The molecule has 0 aliphatic heterocycles. The number of benzene rings is 1. The lowest BCUT2D eigenvalue weighted by Gasteiger charge is -2.30. The summed E-state index contributed by atoms with van der Waals surface area (Å²) < 4.78 is 11.4. The van der Waals surface area contributed by atoms with Gasteiger partial charge in [-0.25, -0.2) is 0 Å². The van der Waals surface area contributed by atoms with Crippen molar-refractivity contribution >= 4 is 11.6 Å². The Kier molecular flexibility index (Phi) is 7.56. The fourth-order valence-electron chi connectivity index (χ4n) is 2.68. The van der Waals surface area contributed by atoms with Crippen LogP contribution in [0, 0.1) is 12.8 Å². The van der Waals surface area contributed by atoms with Crippen LogP contribution in [-0.2, 0) is 9.53 Å². The first-order valence-corrected chi connectivity index (χ1v) is 8.51. The molecule has 0 saturated carbocycles. The third-order valence-electron chi connectivity index (χ3n) is 3.64. The molecule has 1 N–H and O–H groups in total. The molecule has 1 aromatic carbocycles. The van der Waals surface area contributed by atoms with Crippen LogP contribution in [0.25, 0.3) is 0 Å². The number of anilines is 1. The Labute approximate surface area is 140 Å². The second-order valence-corrected chi connectivity index (χ2v) is 6.54. The van der Waals surface area contributed by atoms with Gasteiger partial charge in [-0.05, 0) is 63.3 Å². The molecule has 0 heterocycles. The second-order valence-electron chi connectivity index (χ2n) is 6.54. The van der Waals surface area contributed by atoms with E-state index < -0.39 is 5.60 Å². The molecule has 1 unspecified atom stereocenters. The summed E-state index contributed by atoms with van der Waals surface area (Å²) in [7, 11) is 0. The van der Waals surface area contributed by atoms with Crippen LogP contribution in [0.15, 0.2) is 18.2 Å². The van der Waals surface area contributed by atoms with Crippen LogP contribution in [0.1, 0.15) is 53.0 Å². The maximum atomic E-state index is 12.7. The van der Waals surface area contributed by atoms with Gasteiger partial charge in [0.25, 0.3) is 5.91 Å². The molecule has 0 radical (unpaired) electrons. The molecule has 0 aliphatic carbocycles. The van der Waals surface area contributed by atoms with Crippen LogP contribution in [0.5, 0.6) is 5.75 Å². The molecule has 1 atom stereocenters. The van der Waals surface area contributed by atoms with Gasteiger partial charge in [0.05, 0.1) is 6.61 Å². The largest absolute Gasteiger partial charge is 0.493 e. The van der Waals surface area contributed by atoms with Gasteiger partial charge >= 0.3 is 0 Å². The summed E-state index contributed by atoms with van der Waals surface area (Å²) in [5, 5.41) is 2.98. The number of ether oxygens (including phenoxy) is 2. The summed E-state index contributed by atoms with van der Waals surface area (Å²) in [5.41, 5.74) is 0.970. The van der Waals surface area contributed by atoms with Crippen molar-refractivity contribution in [3.05, 3.63) is 23.8 Å². The molecule has 130 valence electrons. The van der Waals surface area contributed by atoms with Crippen molar-refractivity contribution in [2.75, 3.05) is 18.5 Å². The molecule has 0 bridgehead atoms. The van der Waals surface area contributed by atoms with Crippen LogP contribution in [0.2, 0.25) is 0 Å². The second kappa shape index (κ2) is 8.92. The molecule has 0 aromatic heterocycles. The number of carbonyl (C=O) groups excluding carboxylic acids is 1. The molecule has 1 aromatic rings. The molecule has 0 saturated heterocycles. The Morgan fingerprint density at radius 2 is 2.00 bits per heavy atom. The van der Waals surface area contributed by atoms with Crippen LogP contribution >= 0.6 is 0 Å². The van der Waals surface area contributed by atoms with Gasteiger partial charge < -0.3 is 14.8 Å². The van der Waals surface area contributed by atoms with Crippen molar-refractivity contribution in [2.24, 2.45) is 5.92 Å². The van der Waals surface area contributed by atoms with E-state index in [4.69, 9.17) is 9.47 Å². The zero-order valence-electron chi connectivity index (χ0n) is 15.4. The molecule has 23 heavy (non-hydrogen) atoms. The van der Waals surface area contributed by atoms with Crippen molar-refractivity contribution in [1.29, 1.82) is 0 Å². The Bertz CT molecular complexity index is 513. The first-order chi connectivity index (χ1) is 10.8. The van der Waals surface area contributed by atoms with Crippen molar-refractivity contribution in [1.82, 2.24) is 0 Å². The minimum absolute atomic E-state index is 0.102. The molecule has 4 heteroatoms. The van der Waals surface area contributed by atoms with Gasteiger partial charge in [0.1, 0.15) is 11.4 Å². The maximum Gasteiger partial charge on any atom is 0.256 e. The average molecular weight is 321 g/mol. The van der Waals surface area contributed by atoms with Gasteiger partial charge in [0.15, 0.2) is 0 Å². The van der Waals surface area contributed by atoms with E-state index in [0.717, 1.165) is 23.4 Å². The van der Waals surface area contributed by atoms with Crippen molar-refractivity contribution in [2.45, 2.75) is 60.0 Å². The molecule has 1 rings (SSSR count). The average Bonchev–Trinajstić information content (AvgIpc) is 2.45. The Balaban J connectivity index is 2.84. The van der Waals surface area contributed by atoms with Crippen LogP contribution in [0.3, 0.4) is 0 Å². The van der Waals surface area contributed by atoms with Gasteiger partial charge in [-0.15, -0.1) is 0 Å². The lowest BCUT2D eigenvalue weighted by atomic mass is 9.93. The highest BCUT2D eigenvalue weighted by Gasteiger charge is 2.34. The predicted octanol–water partition coefficient (Wildman–Crippen LogP) is 4.56. The molecule has 1 amide bonds. The number of hydrogen-bond acceptors (Lipinski definition) is 3. The molecule has 0 fully saturated rings. The highest BCUT2D eigenvalue weighted by molar-refractivity contribution is 5.97. The Hall–Kier alpha value is -1.55. The third kappa shape index (κ3) is 5.87. The SMILES string of the molecule is CCCOc1ccc(NC(=O)C(C)(CC(C)C)OCC)cc1C. The van der Waals surface area contributed by atoms with E-state index in [2.05, 4.69) is 26.1 Å². The van der Waals surface area contributed by atoms with Crippen molar-refractivity contribution < 1.29 is 14.3 Å². The molecule has 0 spiro atoms. The highest BCUT2D eigenvalue weighted by atomic mass is 16.5. The standard InChI is InChI=1S/C19H31NO3/c1-7-11-22-17-10-9-16(12-15(17)5)20-18(21)19(6,23-8-2)13-14(3)4/h9-10,12,14H,7-8,11,13H2,1-6H3,(H,20,21). The Morgan fingerprint density at radius 1 is 1.30 bits per heavy atom. The van der Waals surface area contributed by atoms with Gasteiger partial charge in [0.2, 0.25) is 0 Å². The topological polar surface area (TPSA) is 47.6 Å². The van der Waals surface area contributed by atoms with Gasteiger partial charge in [-0.1, -0.05) is 20.8 Å². The van der Waals surface area contributed by atoms with Gasteiger partial charge in [0, 0.05) is 12.3 Å². The van der Waals surface area contributed by atoms with Crippen LogP contribution in [-0.4, -0.2) is 24.7 Å². The Morgan fingerprint density at radius 3 is 2.52 bits per heavy atom. The van der Waals surface area contributed by atoms with E-state index in [1.165, 1.54) is 0 Å². The summed E-state index contributed by atoms with van der Waals surface area (Å²) in [4.78, 5) is 12.7. The number of nitrogens with one attached hydrogen (secondary N) is 1. The monoisotopic (exact) mass is 321 g/mol. The molecular formula is C19H31NO3. The first kappa shape index (κ1) is 19.5. The summed E-state index contributed by atoms with van der Waals surface area (Å²) in [6, 6.07) is 5.71. The molecule has 0 aliphatic rings. The molecular weight excluding hydrogens is 290 g/mol. The number of hydrogen-bond donors (Lipinski definition) is 1. The van der Waals surface area contributed by atoms with Gasteiger partial charge in [-0.3, -0.25) is 4.79 Å². The van der Waals surface area contributed by atoms with E-state index in [1.54, 1.807) is 0 Å². The zero-order valence-corrected chi connectivity index (χ0v) is 15.4. The fourth-order valence-corrected chi connectivity index (χ4v) is 2.68. The van der Waals surface area contributed by atoms with Gasteiger partial charge in [-0.2, -0.15) is 0 Å². The van der Waals surface area contributed by atoms with E-state index in [9.17, 15) is 4.79 Å². The van der Waals surface area contributed by atoms with E-state index in [0.29, 0.717) is 25.6 Å². The lowest BCUT2D eigenvalue weighted by Crippen LogP contribution is -2.44. The fraction of sp³-hybridized carbons (Fsp3) is 0.632. The summed E-state index contributed by atoms with van der Waals surface area (Å²) >= 11 is 0. The number of amides is 1. The number of aryl methyl sites for hydroxylation is 1. The van der Waals surface area contributed by atoms with E-state index in [1.807, 2.05) is 39.0 Å². The van der Waals surface area contributed by atoms with Crippen LogP contribution < -0.4 is 10.1 Å². The zero-order chi connectivity index (χ0) is 17.5. The lowest BCUT2D eigenvalue weighted by molar-refractivity contribution is -0.140. The van der Waals surface area contributed by atoms with Crippen molar-refractivity contribution in [3.8, 4) is 5.75 Å². The minimum Gasteiger partial charge on any atom is -0.493 e. The summed E-state index contributed by atoms with van der Waals surface area (Å²) in [5.74, 6) is 1.14. The highest BCUT2D eigenvalue weighted by Crippen LogP contribution is 2.26. The quantitative estimate of drug-likeness (QED) is 0.725. The molecule has 4 nitrogen and oxygen atoms in total. The number of rotatable bonds is 9. The summed E-state index contributed by atoms with van der Waals surface area (Å²) in [6.45, 7) is 13.2. The first-order valence-electron chi connectivity index (χ1n) is 8.51. The smallest absolute Gasteiger partial charge is 0.256 e. The normalized spacial score (nSPS) is 13.7. The summed E-state index contributed by atoms with van der Waals surface area (Å²) in [6.07, 6.45) is 1.66. The third-order valence-corrected chi connectivity index (χ3v) is 3.64. The minimum atomic E-state index is -0.811.